The van der Waals surface area contributed by atoms with Crippen LogP contribution in [-0.4, -0.2) is 54.9 Å². The molecule has 0 radical (unpaired) electrons. The molecule has 1 heterocycles. The second kappa shape index (κ2) is 11.9. The molecule has 0 unspecified atom stereocenters. The van der Waals surface area contributed by atoms with Crippen molar-refractivity contribution in [3.63, 3.8) is 0 Å². The lowest BCUT2D eigenvalue weighted by Crippen LogP contribution is -2.55. The maximum absolute atomic E-state index is 13.3. The molecule has 1 fully saturated rings. The van der Waals surface area contributed by atoms with Gasteiger partial charge < -0.3 is 20.3 Å². The van der Waals surface area contributed by atoms with Gasteiger partial charge in [0.2, 0.25) is 5.91 Å². The summed E-state index contributed by atoms with van der Waals surface area (Å²) in [6, 6.07) is 13.7. The predicted molar refractivity (Wildman–Crippen MR) is 136 cm³/mol. The molecule has 2 aromatic rings. The summed E-state index contributed by atoms with van der Waals surface area (Å²) in [5, 5.41) is 6.03. The highest BCUT2D eigenvalue weighted by atomic mass is 16.5. The molecule has 2 aromatic carbocycles. The third-order valence-electron chi connectivity index (χ3n) is 6.89. The Morgan fingerprint density at radius 2 is 1.46 bits per heavy atom. The summed E-state index contributed by atoms with van der Waals surface area (Å²) in [6.45, 7) is 9.13. The quantitative estimate of drug-likeness (QED) is 0.603. The second-order valence-corrected chi connectivity index (χ2v) is 9.72. The standard InChI is InChI=1S/C28H37N3O4/c1-18(2)20(4)29-27(33)25(30-26(32)22-10-12-24(35-5)13-11-22)21-14-16-31(17-15-21)28(34)23-8-6-19(3)7-9-23/h6-13,18,20-21,25H,14-17H2,1-5H3,(H,29,33)(H,30,32)/t20-,25+/m1/s1. The molecular formula is C28H37N3O4. The van der Waals surface area contributed by atoms with Crippen LogP contribution in [0.3, 0.4) is 0 Å². The number of hydrogen-bond acceptors (Lipinski definition) is 4. The zero-order valence-corrected chi connectivity index (χ0v) is 21.3. The summed E-state index contributed by atoms with van der Waals surface area (Å²) in [6.07, 6.45) is 1.27. The van der Waals surface area contributed by atoms with Gasteiger partial charge in [-0.1, -0.05) is 31.5 Å². The lowest BCUT2D eigenvalue weighted by molar-refractivity contribution is -0.125. The first kappa shape index (κ1) is 26.3. The first-order chi connectivity index (χ1) is 16.7. The summed E-state index contributed by atoms with van der Waals surface area (Å²) in [7, 11) is 1.57. The molecule has 2 atom stereocenters. The number of piperidine rings is 1. The number of likely N-dealkylation sites (tertiary alicyclic amines) is 1. The van der Waals surface area contributed by atoms with Gasteiger partial charge in [-0.05, 0) is 74.9 Å². The largest absolute Gasteiger partial charge is 0.497 e. The summed E-state index contributed by atoms with van der Waals surface area (Å²) < 4.78 is 5.17. The fourth-order valence-electron chi connectivity index (χ4n) is 4.16. The molecule has 0 aromatic heterocycles. The minimum atomic E-state index is -0.678. The second-order valence-electron chi connectivity index (χ2n) is 9.72. The minimum Gasteiger partial charge on any atom is -0.497 e. The fraction of sp³-hybridized carbons (Fsp3) is 0.464. The van der Waals surface area contributed by atoms with Crippen molar-refractivity contribution in [3.05, 3.63) is 65.2 Å². The molecule has 0 bridgehead atoms. The van der Waals surface area contributed by atoms with Crippen LogP contribution in [-0.2, 0) is 4.79 Å². The van der Waals surface area contributed by atoms with E-state index >= 15 is 0 Å². The number of ether oxygens (including phenoxy) is 1. The molecule has 0 saturated carbocycles. The number of methoxy groups -OCH3 is 1. The van der Waals surface area contributed by atoms with Crippen molar-refractivity contribution in [1.82, 2.24) is 15.5 Å². The molecule has 7 nitrogen and oxygen atoms in total. The summed E-state index contributed by atoms with van der Waals surface area (Å²) in [5.74, 6) is 0.372. The van der Waals surface area contributed by atoms with Crippen molar-refractivity contribution in [2.75, 3.05) is 20.2 Å². The van der Waals surface area contributed by atoms with Crippen molar-refractivity contribution in [2.24, 2.45) is 11.8 Å². The average Bonchev–Trinajstić information content (AvgIpc) is 2.87. The predicted octanol–water partition coefficient (Wildman–Crippen LogP) is 3.82. The Bertz CT molecular complexity index is 1010. The van der Waals surface area contributed by atoms with Gasteiger partial charge in [-0.25, -0.2) is 0 Å². The van der Waals surface area contributed by atoms with Crippen molar-refractivity contribution < 1.29 is 19.1 Å². The van der Waals surface area contributed by atoms with Gasteiger partial charge in [0.25, 0.3) is 11.8 Å². The van der Waals surface area contributed by atoms with Crippen LogP contribution in [0.4, 0.5) is 0 Å². The maximum atomic E-state index is 13.3. The molecule has 7 heteroatoms. The van der Waals surface area contributed by atoms with Crippen LogP contribution < -0.4 is 15.4 Å². The average molecular weight is 480 g/mol. The van der Waals surface area contributed by atoms with Gasteiger partial charge in [0.05, 0.1) is 7.11 Å². The van der Waals surface area contributed by atoms with Crippen molar-refractivity contribution in [1.29, 1.82) is 0 Å². The van der Waals surface area contributed by atoms with E-state index < -0.39 is 6.04 Å². The molecule has 3 rings (SSSR count). The van der Waals surface area contributed by atoms with Gasteiger partial charge in [-0.3, -0.25) is 14.4 Å². The number of nitrogens with zero attached hydrogens (tertiary/aromatic N) is 1. The molecule has 35 heavy (non-hydrogen) atoms. The topological polar surface area (TPSA) is 87.7 Å². The van der Waals surface area contributed by atoms with Gasteiger partial charge in [0.15, 0.2) is 0 Å². The molecule has 1 aliphatic heterocycles. The molecule has 1 saturated heterocycles. The Labute approximate surface area is 208 Å². The number of benzene rings is 2. The van der Waals surface area contributed by atoms with Crippen LogP contribution in [0.5, 0.6) is 5.75 Å². The van der Waals surface area contributed by atoms with Gasteiger partial charge >= 0.3 is 0 Å². The molecule has 0 spiro atoms. The van der Waals surface area contributed by atoms with Crippen molar-refractivity contribution in [2.45, 2.75) is 52.6 Å². The fourth-order valence-corrected chi connectivity index (χ4v) is 4.16. The van der Waals surface area contributed by atoms with E-state index in [0.29, 0.717) is 42.8 Å². The van der Waals surface area contributed by atoms with Crippen molar-refractivity contribution in [3.8, 4) is 5.75 Å². The Morgan fingerprint density at radius 1 is 0.886 bits per heavy atom. The van der Waals surface area contributed by atoms with E-state index in [1.807, 2.05) is 56.9 Å². The molecule has 3 amide bonds. The van der Waals surface area contributed by atoms with E-state index in [-0.39, 0.29) is 35.6 Å². The third-order valence-corrected chi connectivity index (χ3v) is 6.89. The Hall–Kier alpha value is -3.35. The summed E-state index contributed by atoms with van der Waals surface area (Å²) >= 11 is 0. The van der Waals surface area contributed by atoms with E-state index in [0.717, 1.165) is 5.56 Å². The number of carbonyl (C=O) groups excluding carboxylic acids is 3. The maximum Gasteiger partial charge on any atom is 0.253 e. The Morgan fingerprint density at radius 3 is 2.00 bits per heavy atom. The lowest BCUT2D eigenvalue weighted by Gasteiger charge is -2.36. The number of hydrogen-bond donors (Lipinski definition) is 2. The Kier molecular flexibility index (Phi) is 8.90. The van der Waals surface area contributed by atoms with Gasteiger partial charge in [-0.15, -0.1) is 0 Å². The van der Waals surface area contributed by atoms with E-state index in [1.165, 1.54) is 0 Å². The SMILES string of the molecule is COc1ccc(C(=O)N[C@H](C(=O)N[C@H](C)C(C)C)C2CCN(C(=O)c3ccc(C)cc3)CC2)cc1. The van der Waals surface area contributed by atoms with Crippen molar-refractivity contribution >= 4 is 17.7 Å². The van der Waals surface area contributed by atoms with Crippen LogP contribution in [0, 0.1) is 18.8 Å². The van der Waals surface area contributed by atoms with Gasteiger partial charge in [0.1, 0.15) is 11.8 Å². The van der Waals surface area contributed by atoms with E-state index in [1.54, 1.807) is 31.4 Å². The number of aryl methyl sites for hydroxylation is 1. The van der Waals surface area contributed by atoms with Crippen LogP contribution >= 0.6 is 0 Å². The van der Waals surface area contributed by atoms with Crippen LogP contribution in [0.25, 0.3) is 0 Å². The highest BCUT2D eigenvalue weighted by Gasteiger charge is 2.35. The summed E-state index contributed by atoms with van der Waals surface area (Å²) in [4.78, 5) is 41.0. The molecule has 0 aliphatic carbocycles. The zero-order chi connectivity index (χ0) is 25.5. The highest BCUT2D eigenvalue weighted by molar-refractivity contribution is 5.98. The van der Waals surface area contributed by atoms with Crippen LogP contribution in [0.15, 0.2) is 48.5 Å². The van der Waals surface area contributed by atoms with E-state index in [2.05, 4.69) is 10.6 Å². The van der Waals surface area contributed by atoms with Gasteiger partial charge in [-0.2, -0.15) is 0 Å². The first-order valence-corrected chi connectivity index (χ1v) is 12.3. The van der Waals surface area contributed by atoms with Crippen LogP contribution in [0.2, 0.25) is 0 Å². The molecular weight excluding hydrogens is 442 g/mol. The lowest BCUT2D eigenvalue weighted by atomic mass is 9.87. The first-order valence-electron chi connectivity index (χ1n) is 12.3. The monoisotopic (exact) mass is 479 g/mol. The molecule has 2 N–H and O–H groups in total. The number of amides is 3. The normalized spacial score (nSPS) is 15.9. The number of rotatable bonds is 8. The number of carbonyl (C=O) groups is 3. The van der Waals surface area contributed by atoms with Crippen LogP contribution in [0.1, 0.15) is 59.9 Å². The van der Waals surface area contributed by atoms with E-state index in [9.17, 15) is 14.4 Å². The highest BCUT2D eigenvalue weighted by Crippen LogP contribution is 2.24. The third kappa shape index (κ3) is 6.84. The summed E-state index contributed by atoms with van der Waals surface area (Å²) in [5.41, 5.74) is 2.24. The minimum absolute atomic E-state index is 0.000139. The Balaban J connectivity index is 1.71. The molecule has 1 aliphatic rings. The molecule has 188 valence electrons. The smallest absolute Gasteiger partial charge is 0.253 e. The number of nitrogens with one attached hydrogen (secondary N) is 2. The zero-order valence-electron chi connectivity index (χ0n) is 21.3. The van der Waals surface area contributed by atoms with Gasteiger partial charge in [0, 0.05) is 30.3 Å². The van der Waals surface area contributed by atoms with E-state index in [4.69, 9.17) is 4.74 Å².